The number of para-hydroxylation sites is 2. The third-order valence-corrected chi connectivity index (χ3v) is 5.69. The maximum Gasteiger partial charge on any atom is 0.143 e. The van der Waals surface area contributed by atoms with E-state index >= 15 is 0 Å². The molecule has 0 aliphatic heterocycles. The minimum absolute atomic E-state index is 0.893. The maximum atomic E-state index is 6.50. The minimum atomic E-state index is 0.893. The van der Waals surface area contributed by atoms with E-state index < -0.39 is 0 Å². The Kier molecular flexibility index (Phi) is 4.10. The van der Waals surface area contributed by atoms with Crippen LogP contribution in [0.2, 0.25) is 0 Å². The number of pyridine rings is 2. The molecule has 0 N–H and O–H groups in total. The van der Waals surface area contributed by atoms with E-state index in [9.17, 15) is 0 Å². The largest absolute Gasteiger partial charge is 0.455 e. The highest BCUT2D eigenvalue weighted by molar-refractivity contribution is 6.12. The second kappa shape index (κ2) is 7.22. The van der Waals surface area contributed by atoms with E-state index in [1.54, 1.807) is 12.4 Å². The Morgan fingerprint density at radius 2 is 1.00 bits per heavy atom. The van der Waals surface area contributed by atoms with Gasteiger partial charge in [0.15, 0.2) is 0 Å². The Morgan fingerprint density at radius 3 is 1.58 bits per heavy atom. The molecule has 0 amide bonds. The van der Waals surface area contributed by atoms with Crippen LogP contribution < -0.4 is 0 Å². The third-order valence-electron chi connectivity index (χ3n) is 5.69. The predicted octanol–water partition coefficient (Wildman–Crippen LogP) is 7.38. The highest BCUT2D eigenvalue weighted by Gasteiger charge is 2.15. The summed E-state index contributed by atoms with van der Waals surface area (Å²) in [5.41, 5.74) is 8.37. The van der Waals surface area contributed by atoms with Crippen LogP contribution in [0.1, 0.15) is 0 Å². The molecule has 0 fully saturated rings. The molecule has 0 spiro atoms. The number of fused-ring (bicyclic) bond motifs is 3. The van der Waals surface area contributed by atoms with E-state index in [1.165, 1.54) is 0 Å². The Bertz CT molecular complexity index is 1500. The van der Waals surface area contributed by atoms with E-state index in [1.807, 2.05) is 24.5 Å². The Morgan fingerprint density at radius 1 is 0.452 bits per heavy atom. The van der Waals surface area contributed by atoms with E-state index in [4.69, 9.17) is 4.42 Å². The predicted molar refractivity (Wildman–Crippen MR) is 126 cm³/mol. The standard InChI is InChI=1S/C28H18N2O/c1-7-23(20-13-11-19(12-14-20)21-5-3-15-29-17-21)27-25(9-1)26-10-2-8-24(28(26)31-27)22-6-4-16-30-18-22/h1-18H. The van der Waals surface area contributed by atoms with Gasteiger partial charge < -0.3 is 4.42 Å². The molecule has 0 aliphatic carbocycles. The summed E-state index contributed by atoms with van der Waals surface area (Å²) in [5, 5.41) is 2.24. The van der Waals surface area contributed by atoms with Crippen LogP contribution in [0, 0.1) is 0 Å². The zero-order chi connectivity index (χ0) is 20.6. The first-order chi connectivity index (χ1) is 15.4. The van der Waals surface area contributed by atoms with E-state index in [-0.39, 0.29) is 0 Å². The zero-order valence-electron chi connectivity index (χ0n) is 16.7. The van der Waals surface area contributed by atoms with Crippen molar-refractivity contribution < 1.29 is 4.42 Å². The molecule has 3 aromatic heterocycles. The molecule has 0 radical (unpaired) electrons. The van der Waals surface area contributed by atoms with Crippen molar-refractivity contribution in [2.75, 3.05) is 0 Å². The van der Waals surface area contributed by atoms with Crippen LogP contribution in [0.5, 0.6) is 0 Å². The number of hydrogen-bond donors (Lipinski definition) is 0. The molecule has 3 aromatic carbocycles. The van der Waals surface area contributed by atoms with Crippen molar-refractivity contribution in [3.63, 3.8) is 0 Å². The fraction of sp³-hybridized carbons (Fsp3) is 0. The molecule has 0 bridgehead atoms. The van der Waals surface area contributed by atoms with Crippen molar-refractivity contribution in [3.05, 3.63) is 110 Å². The van der Waals surface area contributed by atoms with Crippen molar-refractivity contribution in [2.24, 2.45) is 0 Å². The van der Waals surface area contributed by atoms with Crippen LogP contribution in [0.4, 0.5) is 0 Å². The van der Waals surface area contributed by atoms with Gasteiger partial charge in [-0.1, -0.05) is 72.8 Å². The maximum absolute atomic E-state index is 6.50. The molecule has 0 aliphatic rings. The van der Waals surface area contributed by atoms with Gasteiger partial charge in [0.2, 0.25) is 0 Å². The lowest BCUT2D eigenvalue weighted by Gasteiger charge is -2.05. The van der Waals surface area contributed by atoms with Crippen LogP contribution in [0.25, 0.3) is 55.3 Å². The monoisotopic (exact) mass is 398 g/mol. The molecule has 3 nitrogen and oxygen atoms in total. The minimum Gasteiger partial charge on any atom is -0.455 e. The summed E-state index contributed by atoms with van der Waals surface area (Å²) in [6, 6.07) is 29.2. The molecular weight excluding hydrogens is 380 g/mol. The lowest BCUT2D eigenvalue weighted by Crippen LogP contribution is -1.82. The summed E-state index contributed by atoms with van der Waals surface area (Å²) in [4.78, 5) is 8.49. The Hall–Kier alpha value is -4.24. The lowest BCUT2D eigenvalue weighted by atomic mass is 9.99. The molecule has 3 heteroatoms. The first-order valence-electron chi connectivity index (χ1n) is 10.2. The number of benzene rings is 3. The molecule has 0 atom stereocenters. The molecule has 0 saturated carbocycles. The molecule has 0 unspecified atom stereocenters. The SMILES string of the molecule is c1cncc(-c2ccc(-c3cccc4c3oc3c(-c5cccnc5)cccc34)cc2)c1. The van der Waals surface area contributed by atoms with Gasteiger partial charge in [-0.2, -0.15) is 0 Å². The number of furan rings is 1. The third kappa shape index (κ3) is 2.99. The molecular formula is C28H18N2O. The van der Waals surface area contributed by atoms with Gasteiger partial charge in [0, 0.05) is 52.3 Å². The Balaban J connectivity index is 1.52. The summed E-state index contributed by atoms with van der Waals surface area (Å²) in [7, 11) is 0. The van der Waals surface area contributed by atoms with Gasteiger partial charge in [0.05, 0.1) is 0 Å². The van der Waals surface area contributed by atoms with E-state index in [0.29, 0.717) is 0 Å². The fourth-order valence-electron chi connectivity index (χ4n) is 4.17. The highest BCUT2D eigenvalue weighted by Crippen LogP contribution is 2.39. The second-order valence-corrected chi connectivity index (χ2v) is 7.53. The van der Waals surface area contributed by atoms with Crippen LogP contribution in [0.3, 0.4) is 0 Å². The summed E-state index contributed by atoms with van der Waals surface area (Å²) in [6.45, 7) is 0. The fourth-order valence-corrected chi connectivity index (χ4v) is 4.17. The molecule has 146 valence electrons. The quantitative estimate of drug-likeness (QED) is 0.312. The van der Waals surface area contributed by atoms with Crippen molar-refractivity contribution in [1.82, 2.24) is 9.97 Å². The smallest absolute Gasteiger partial charge is 0.143 e. The lowest BCUT2D eigenvalue weighted by molar-refractivity contribution is 0.671. The van der Waals surface area contributed by atoms with Gasteiger partial charge in [0.1, 0.15) is 11.2 Å². The van der Waals surface area contributed by atoms with Crippen LogP contribution in [0.15, 0.2) is 114 Å². The molecule has 6 aromatic rings. The molecule has 3 heterocycles. The van der Waals surface area contributed by atoms with Gasteiger partial charge in [-0.3, -0.25) is 9.97 Å². The molecule has 0 saturated heterocycles. The summed E-state index contributed by atoms with van der Waals surface area (Å²) < 4.78 is 6.50. The summed E-state index contributed by atoms with van der Waals surface area (Å²) in [6.07, 6.45) is 7.34. The van der Waals surface area contributed by atoms with Crippen LogP contribution >= 0.6 is 0 Å². The van der Waals surface area contributed by atoms with Crippen molar-refractivity contribution in [2.45, 2.75) is 0 Å². The van der Waals surface area contributed by atoms with Gasteiger partial charge in [0.25, 0.3) is 0 Å². The summed E-state index contributed by atoms with van der Waals surface area (Å²) in [5.74, 6) is 0. The van der Waals surface area contributed by atoms with Gasteiger partial charge in [-0.15, -0.1) is 0 Å². The van der Waals surface area contributed by atoms with Crippen LogP contribution in [-0.2, 0) is 0 Å². The van der Waals surface area contributed by atoms with Gasteiger partial charge in [-0.25, -0.2) is 0 Å². The van der Waals surface area contributed by atoms with E-state index in [0.717, 1.165) is 55.3 Å². The Labute approximate surface area is 179 Å². The topological polar surface area (TPSA) is 38.9 Å². The van der Waals surface area contributed by atoms with Gasteiger partial charge >= 0.3 is 0 Å². The van der Waals surface area contributed by atoms with Crippen LogP contribution in [-0.4, -0.2) is 9.97 Å². The first-order valence-corrected chi connectivity index (χ1v) is 10.2. The summed E-state index contributed by atoms with van der Waals surface area (Å²) >= 11 is 0. The van der Waals surface area contributed by atoms with Gasteiger partial charge in [-0.05, 0) is 28.8 Å². The highest BCUT2D eigenvalue weighted by atomic mass is 16.3. The molecule has 31 heavy (non-hydrogen) atoms. The van der Waals surface area contributed by atoms with Crippen molar-refractivity contribution in [1.29, 1.82) is 0 Å². The number of nitrogens with zero attached hydrogens (tertiary/aromatic N) is 2. The number of aromatic nitrogens is 2. The first kappa shape index (κ1) is 17.6. The van der Waals surface area contributed by atoms with Crippen molar-refractivity contribution >= 4 is 21.9 Å². The molecule has 6 rings (SSSR count). The average molecular weight is 398 g/mol. The zero-order valence-corrected chi connectivity index (χ0v) is 16.7. The normalized spacial score (nSPS) is 11.2. The van der Waals surface area contributed by atoms with E-state index in [2.05, 4.69) is 82.8 Å². The van der Waals surface area contributed by atoms with Crippen molar-refractivity contribution in [3.8, 4) is 33.4 Å². The number of hydrogen-bond acceptors (Lipinski definition) is 3. The number of rotatable bonds is 3. The second-order valence-electron chi connectivity index (χ2n) is 7.53. The average Bonchev–Trinajstić information content (AvgIpc) is 3.24.